The molecule has 5 heteroatoms. The molecule has 6 rings (SSSR count). The first-order chi connectivity index (χ1) is 14.3. The number of nitrogens with zero attached hydrogens (tertiary/aromatic N) is 4. The minimum atomic E-state index is 0.886. The summed E-state index contributed by atoms with van der Waals surface area (Å²) in [4.78, 5) is 20.1. The van der Waals surface area contributed by atoms with Crippen molar-refractivity contribution in [2.75, 3.05) is 0 Å². The normalized spacial score (nSPS) is 21.2. The van der Waals surface area contributed by atoms with E-state index in [-0.39, 0.29) is 0 Å². The highest BCUT2D eigenvalue weighted by Crippen LogP contribution is 2.31. The Labute approximate surface area is 171 Å². The van der Waals surface area contributed by atoms with Gasteiger partial charge in [-0.1, -0.05) is 6.07 Å². The minimum Gasteiger partial charge on any atom is -0.249 e. The van der Waals surface area contributed by atoms with Gasteiger partial charge in [-0.25, -0.2) is 20.0 Å². The van der Waals surface area contributed by atoms with E-state index >= 15 is 0 Å². The van der Waals surface area contributed by atoms with E-state index in [1.807, 2.05) is 60.8 Å². The average molecular weight is 390 g/mol. The topological polar surface area (TPSA) is 49.4 Å². The van der Waals surface area contributed by atoms with Crippen molar-refractivity contribution in [3.8, 4) is 0 Å². The quantitative estimate of drug-likeness (QED) is 0.635. The standard InChI is InChI=1S/C24H14N4S/c1-2-24(29-9-1)22-13-21-12-19-6-5-17(26-19)10-15-3-4-16(25-15)11-18-7-8-20(27-18)14-23(22)28-21/h1-14H. The highest BCUT2D eigenvalue weighted by Gasteiger charge is 2.18. The fraction of sp³-hybridized carbons (Fsp3) is 0. The Kier molecular flexibility index (Phi) is 3.61. The van der Waals surface area contributed by atoms with Crippen molar-refractivity contribution >= 4 is 39.8 Å². The SMILES string of the molecule is C1=CC2=NC1=CC1=NC(=CC3=NC(=CC4=NC(=C2)C=C4)C=C3c2cccs2)C=C1. The summed E-state index contributed by atoms with van der Waals surface area (Å²) in [6.45, 7) is 0. The number of thiophene rings is 1. The number of hydrogen-bond acceptors (Lipinski definition) is 5. The van der Waals surface area contributed by atoms with Crippen LogP contribution in [-0.4, -0.2) is 22.8 Å². The van der Waals surface area contributed by atoms with Crippen LogP contribution < -0.4 is 0 Å². The largest absolute Gasteiger partial charge is 0.249 e. The van der Waals surface area contributed by atoms with Gasteiger partial charge in [-0.2, -0.15) is 0 Å². The third kappa shape index (κ3) is 3.11. The number of allylic oxidation sites excluding steroid dienone is 12. The molecule has 1 aromatic rings. The lowest BCUT2D eigenvalue weighted by molar-refractivity contribution is 1.41. The van der Waals surface area contributed by atoms with Crippen molar-refractivity contribution in [3.63, 3.8) is 0 Å². The van der Waals surface area contributed by atoms with E-state index in [9.17, 15) is 0 Å². The van der Waals surface area contributed by atoms with Gasteiger partial charge in [-0.15, -0.1) is 11.3 Å². The van der Waals surface area contributed by atoms with Crippen molar-refractivity contribution in [2.45, 2.75) is 0 Å². The summed E-state index contributed by atoms with van der Waals surface area (Å²) in [5, 5.41) is 2.08. The molecule has 1 aromatic heterocycles. The Morgan fingerprint density at radius 3 is 1.72 bits per heavy atom. The Morgan fingerprint density at radius 2 is 1.14 bits per heavy atom. The predicted molar refractivity (Wildman–Crippen MR) is 122 cm³/mol. The van der Waals surface area contributed by atoms with Crippen LogP contribution in [0.4, 0.5) is 0 Å². The predicted octanol–water partition coefficient (Wildman–Crippen LogP) is 5.17. The second kappa shape index (κ2) is 6.43. The van der Waals surface area contributed by atoms with Crippen LogP contribution in [-0.2, 0) is 0 Å². The molecule has 0 amide bonds. The second-order valence-electron chi connectivity index (χ2n) is 6.92. The van der Waals surface area contributed by atoms with Crippen LogP contribution >= 0.6 is 11.3 Å². The summed E-state index contributed by atoms with van der Waals surface area (Å²) >= 11 is 1.71. The molecule has 0 saturated carbocycles. The van der Waals surface area contributed by atoms with Crippen molar-refractivity contribution in [2.24, 2.45) is 20.0 Å². The molecular weight excluding hydrogens is 376 g/mol. The van der Waals surface area contributed by atoms with Gasteiger partial charge in [0.2, 0.25) is 0 Å². The van der Waals surface area contributed by atoms with Gasteiger partial charge in [-0.3, -0.25) is 0 Å². The number of rotatable bonds is 1. The fourth-order valence-electron chi connectivity index (χ4n) is 3.53. The maximum absolute atomic E-state index is 4.86. The molecule has 5 aliphatic rings. The van der Waals surface area contributed by atoms with E-state index in [2.05, 4.69) is 33.6 Å². The van der Waals surface area contributed by atoms with Crippen molar-refractivity contribution in [1.82, 2.24) is 0 Å². The second-order valence-corrected chi connectivity index (χ2v) is 7.87. The molecule has 0 N–H and O–H groups in total. The third-order valence-corrected chi connectivity index (χ3v) is 5.73. The molecule has 0 saturated heterocycles. The lowest BCUT2D eigenvalue weighted by atomic mass is 10.1. The summed E-state index contributed by atoms with van der Waals surface area (Å²) in [7, 11) is 0. The van der Waals surface area contributed by atoms with Gasteiger partial charge in [0.25, 0.3) is 0 Å². The summed E-state index contributed by atoms with van der Waals surface area (Å²) in [6.07, 6.45) is 22.2. The van der Waals surface area contributed by atoms with Crippen LogP contribution in [0.15, 0.2) is 127 Å². The first-order valence-corrected chi connectivity index (χ1v) is 10.2. The maximum Gasteiger partial charge on any atom is 0.0745 e. The third-order valence-electron chi connectivity index (χ3n) is 4.83. The van der Waals surface area contributed by atoms with Gasteiger partial charge in [0, 0.05) is 10.5 Å². The summed E-state index contributed by atoms with van der Waals surface area (Å²) in [5.41, 5.74) is 8.25. The molecule has 0 unspecified atom stereocenters. The smallest absolute Gasteiger partial charge is 0.0745 e. The molecule has 0 fully saturated rings. The fourth-order valence-corrected chi connectivity index (χ4v) is 4.28. The Morgan fingerprint density at radius 1 is 0.552 bits per heavy atom. The number of hydrogen-bond donors (Lipinski definition) is 0. The molecule has 5 aliphatic heterocycles. The van der Waals surface area contributed by atoms with Crippen LogP contribution in [0.1, 0.15) is 4.88 Å². The van der Waals surface area contributed by atoms with Crippen LogP contribution in [0.2, 0.25) is 0 Å². The molecule has 0 aromatic carbocycles. The molecule has 6 heterocycles. The van der Waals surface area contributed by atoms with Crippen molar-refractivity contribution in [1.29, 1.82) is 0 Å². The van der Waals surface area contributed by atoms with Crippen molar-refractivity contribution < 1.29 is 0 Å². The lowest BCUT2D eigenvalue weighted by Gasteiger charge is -1.99. The monoisotopic (exact) mass is 390 g/mol. The summed E-state index contributed by atoms with van der Waals surface area (Å²) in [6, 6.07) is 4.18. The Bertz CT molecular complexity index is 1310. The van der Waals surface area contributed by atoms with E-state index in [0.717, 1.165) is 51.2 Å². The first kappa shape index (κ1) is 16.3. The van der Waals surface area contributed by atoms with E-state index < -0.39 is 0 Å². The van der Waals surface area contributed by atoms with Crippen LogP contribution in [0.25, 0.3) is 5.57 Å². The molecule has 136 valence electrons. The van der Waals surface area contributed by atoms with Crippen LogP contribution in [0, 0.1) is 0 Å². The lowest BCUT2D eigenvalue weighted by Crippen LogP contribution is -1.94. The van der Waals surface area contributed by atoms with E-state index in [0.29, 0.717) is 0 Å². The first-order valence-electron chi connectivity index (χ1n) is 9.30. The summed E-state index contributed by atoms with van der Waals surface area (Å²) in [5.74, 6) is 0. The van der Waals surface area contributed by atoms with Gasteiger partial charge in [-0.05, 0) is 78.3 Å². The van der Waals surface area contributed by atoms with Gasteiger partial charge in [0.05, 0.1) is 45.6 Å². The van der Waals surface area contributed by atoms with Gasteiger partial charge >= 0.3 is 0 Å². The minimum absolute atomic E-state index is 0.886. The Hall–Kier alpha value is -3.70. The maximum atomic E-state index is 4.86. The van der Waals surface area contributed by atoms with Crippen LogP contribution in [0.5, 0.6) is 0 Å². The zero-order valence-electron chi connectivity index (χ0n) is 15.3. The molecule has 0 radical (unpaired) electrons. The number of fused-ring (bicyclic) bond motifs is 4. The molecule has 0 atom stereocenters. The molecule has 0 aliphatic carbocycles. The molecule has 4 nitrogen and oxygen atoms in total. The zero-order chi connectivity index (χ0) is 19.2. The van der Waals surface area contributed by atoms with Crippen LogP contribution in [0.3, 0.4) is 0 Å². The number of aliphatic imine (C=N–C) groups is 4. The highest BCUT2D eigenvalue weighted by atomic mass is 32.1. The van der Waals surface area contributed by atoms with Gasteiger partial charge in [0.15, 0.2) is 0 Å². The highest BCUT2D eigenvalue weighted by molar-refractivity contribution is 7.11. The van der Waals surface area contributed by atoms with E-state index in [4.69, 9.17) is 9.98 Å². The molecular formula is C24H14N4S. The average Bonchev–Trinajstić information content (AvgIpc) is 3.50. The van der Waals surface area contributed by atoms with E-state index in [1.54, 1.807) is 11.3 Å². The molecule has 29 heavy (non-hydrogen) atoms. The van der Waals surface area contributed by atoms with Gasteiger partial charge < -0.3 is 0 Å². The van der Waals surface area contributed by atoms with E-state index in [1.165, 1.54) is 4.88 Å². The molecule has 8 bridgehead atoms. The van der Waals surface area contributed by atoms with Gasteiger partial charge in [0.1, 0.15) is 0 Å². The summed E-state index contributed by atoms with van der Waals surface area (Å²) < 4.78 is 0. The zero-order valence-corrected chi connectivity index (χ0v) is 16.1. The molecule has 0 spiro atoms. The van der Waals surface area contributed by atoms with Crippen molar-refractivity contribution in [3.05, 3.63) is 112 Å². The Balaban J connectivity index is 1.52.